The summed E-state index contributed by atoms with van der Waals surface area (Å²) in [6, 6.07) is 8.35. The Labute approximate surface area is 135 Å². The summed E-state index contributed by atoms with van der Waals surface area (Å²) >= 11 is 0. The van der Waals surface area contributed by atoms with Gasteiger partial charge in [-0.3, -0.25) is 20.4 Å². The van der Waals surface area contributed by atoms with Gasteiger partial charge in [-0.25, -0.2) is 4.79 Å². The summed E-state index contributed by atoms with van der Waals surface area (Å²) in [4.78, 5) is 35.0. The van der Waals surface area contributed by atoms with Crippen molar-refractivity contribution in [3.63, 3.8) is 0 Å². The molecule has 0 radical (unpaired) electrons. The quantitative estimate of drug-likeness (QED) is 0.728. The van der Waals surface area contributed by atoms with E-state index >= 15 is 0 Å². The molecule has 3 amide bonds. The molecule has 0 aromatic heterocycles. The molecule has 126 valence electrons. The molecule has 3 N–H and O–H groups in total. The van der Waals surface area contributed by atoms with Gasteiger partial charge in [0.1, 0.15) is 11.6 Å². The minimum atomic E-state index is -0.876. The lowest BCUT2D eigenvalue weighted by molar-refractivity contribution is -0.129. The predicted molar refractivity (Wildman–Crippen MR) is 85.3 cm³/mol. The summed E-state index contributed by atoms with van der Waals surface area (Å²) in [6.45, 7) is 6.47. The van der Waals surface area contributed by atoms with Gasteiger partial charge in [0.05, 0.1) is 0 Å². The van der Waals surface area contributed by atoms with Gasteiger partial charge < -0.3 is 10.1 Å². The van der Waals surface area contributed by atoms with Gasteiger partial charge in [-0.2, -0.15) is 0 Å². The molecule has 0 aliphatic rings. The maximum absolute atomic E-state index is 12.2. The number of hydrogen-bond acceptors (Lipinski definition) is 4. The minimum Gasteiger partial charge on any atom is -0.444 e. The second kappa shape index (κ2) is 8.17. The Bertz CT molecular complexity index is 552. The zero-order valence-electron chi connectivity index (χ0n) is 13.8. The number of carbonyl (C=O) groups is 3. The smallest absolute Gasteiger partial charge is 0.408 e. The number of benzene rings is 1. The molecule has 1 aromatic rings. The van der Waals surface area contributed by atoms with Crippen LogP contribution in [0, 0.1) is 0 Å². The fourth-order valence-electron chi connectivity index (χ4n) is 1.75. The zero-order chi connectivity index (χ0) is 17.5. The number of alkyl carbamates (subject to hydrolysis) is 1. The van der Waals surface area contributed by atoms with Crippen LogP contribution in [0.4, 0.5) is 4.79 Å². The third-order valence-corrected chi connectivity index (χ3v) is 2.65. The van der Waals surface area contributed by atoms with Gasteiger partial charge in [0, 0.05) is 13.3 Å². The predicted octanol–water partition coefficient (Wildman–Crippen LogP) is 1.29. The molecule has 23 heavy (non-hydrogen) atoms. The Morgan fingerprint density at radius 1 is 1.09 bits per heavy atom. The van der Waals surface area contributed by atoms with E-state index in [1.165, 1.54) is 6.92 Å². The third-order valence-electron chi connectivity index (χ3n) is 2.65. The SMILES string of the molecule is CC(=O)NNC(=O)C(Cc1ccccc1)NC(=O)OC(C)(C)C. The lowest BCUT2D eigenvalue weighted by Gasteiger charge is -2.23. The first-order valence-corrected chi connectivity index (χ1v) is 7.27. The van der Waals surface area contributed by atoms with E-state index in [1.807, 2.05) is 30.3 Å². The molecule has 0 aliphatic heterocycles. The van der Waals surface area contributed by atoms with Crippen molar-refractivity contribution in [2.24, 2.45) is 0 Å². The molecule has 1 aromatic carbocycles. The molecule has 1 unspecified atom stereocenters. The molecular formula is C16H23N3O4. The lowest BCUT2D eigenvalue weighted by Crippen LogP contribution is -2.53. The Kier molecular flexibility index (Phi) is 6.56. The second-order valence-electron chi connectivity index (χ2n) is 6.06. The Balaban J connectivity index is 2.77. The average Bonchev–Trinajstić information content (AvgIpc) is 2.43. The molecule has 7 nitrogen and oxygen atoms in total. The van der Waals surface area contributed by atoms with Gasteiger partial charge >= 0.3 is 6.09 Å². The van der Waals surface area contributed by atoms with E-state index in [0.29, 0.717) is 0 Å². The van der Waals surface area contributed by atoms with Gasteiger partial charge in [-0.15, -0.1) is 0 Å². The number of nitrogens with one attached hydrogen (secondary N) is 3. The van der Waals surface area contributed by atoms with Crippen LogP contribution in [0.1, 0.15) is 33.3 Å². The number of hydrogen-bond donors (Lipinski definition) is 3. The van der Waals surface area contributed by atoms with Crippen LogP contribution >= 0.6 is 0 Å². The normalized spacial score (nSPS) is 12.0. The summed E-state index contributed by atoms with van der Waals surface area (Å²) in [5.41, 5.74) is 4.66. The molecule has 7 heteroatoms. The average molecular weight is 321 g/mol. The minimum absolute atomic E-state index is 0.269. The van der Waals surface area contributed by atoms with E-state index in [1.54, 1.807) is 20.8 Å². The monoisotopic (exact) mass is 321 g/mol. The molecule has 1 atom stereocenters. The highest BCUT2D eigenvalue weighted by molar-refractivity contribution is 5.87. The van der Waals surface area contributed by atoms with Crippen molar-refractivity contribution in [2.75, 3.05) is 0 Å². The van der Waals surface area contributed by atoms with Crippen LogP contribution in [0.5, 0.6) is 0 Å². The summed E-state index contributed by atoms with van der Waals surface area (Å²) in [5.74, 6) is -0.941. The largest absolute Gasteiger partial charge is 0.444 e. The fraction of sp³-hybridized carbons (Fsp3) is 0.438. The fourth-order valence-corrected chi connectivity index (χ4v) is 1.75. The Morgan fingerprint density at radius 2 is 1.70 bits per heavy atom. The highest BCUT2D eigenvalue weighted by Gasteiger charge is 2.24. The van der Waals surface area contributed by atoms with Crippen molar-refractivity contribution in [3.05, 3.63) is 35.9 Å². The van der Waals surface area contributed by atoms with E-state index in [9.17, 15) is 14.4 Å². The van der Waals surface area contributed by atoms with Crippen LogP contribution in [-0.2, 0) is 20.7 Å². The molecule has 0 fully saturated rings. The van der Waals surface area contributed by atoms with E-state index < -0.39 is 29.6 Å². The van der Waals surface area contributed by atoms with Crippen molar-refractivity contribution < 1.29 is 19.1 Å². The highest BCUT2D eigenvalue weighted by atomic mass is 16.6. The Morgan fingerprint density at radius 3 is 2.22 bits per heavy atom. The third kappa shape index (κ3) is 7.85. The molecule has 0 saturated carbocycles. The van der Waals surface area contributed by atoms with E-state index in [-0.39, 0.29) is 6.42 Å². The van der Waals surface area contributed by atoms with Crippen LogP contribution in [0.25, 0.3) is 0 Å². The van der Waals surface area contributed by atoms with Crippen LogP contribution in [0.2, 0.25) is 0 Å². The number of ether oxygens (including phenoxy) is 1. The number of amides is 3. The first-order valence-electron chi connectivity index (χ1n) is 7.27. The van der Waals surface area contributed by atoms with Gasteiger partial charge in [-0.1, -0.05) is 30.3 Å². The lowest BCUT2D eigenvalue weighted by atomic mass is 10.1. The van der Waals surface area contributed by atoms with E-state index in [2.05, 4.69) is 16.2 Å². The highest BCUT2D eigenvalue weighted by Crippen LogP contribution is 2.08. The van der Waals surface area contributed by atoms with Crippen LogP contribution in [-0.4, -0.2) is 29.6 Å². The summed E-state index contributed by atoms with van der Waals surface area (Å²) in [5, 5.41) is 2.52. The maximum Gasteiger partial charge on any atom is 0.408 e. The standard InChI is InChI=1S/C16H23N3O4/c1-11(20)18-19-14(21)13(10-12-8-6-5-7-9-12)17-15(22)23-16(2,3)4/h5-9,13H,10H2,1-4H3,(H,17,22)(H,18,20)(H,19,21). The van der Waals surface area contributed by atoms with Gasteiger partial charge in [0.25, 0.3) is 5.91 Å². The maximum atomic E-state index is 12.2. The van der Waals surface area contributed by atoms with Crippen LogP contribution in [0.3, 0.4) is 0 Å². The second-order valence-corrected chi connectivity index (χ2v) is 6.06. The van der Waals surface area contributed by atoms with Crippen LogP contribution in [0.15, 0.2) is 30.3 Å². The van der Waals surface area contributed by atoms with Crippen molar-refractivity contribution in [3.8, 4) is 0 Å². The van der Waals surface area contributed by atoms with E-state index in [4.69, 9.17) is 4.74 Å². The molecule has 0 spiro atoms. The molecule has 0 heterocycles. The first kappa shape index (κ1) is 18.5. The zero-order valence-corrected chi connectivity index (χ0v) is 13.8. The van der Waals surface area contributed by atoms with E-state index in [0.717, 1.165) is 5.56 Å². The van der Waals surface area contributed by atoms with Gasteiger partial charge in [0.15, 0.2) is 0 Å². The molecule has 1 rings (SSSR count). The van der Waals surface area contributed by atoms with Crippen molar-refractivity contribution in [1.29, 1.82) is 0 Å². The van der Waals surface area contributed by atoms with Gasteiger partial charge in [-0.05, 0) is 26.3 Å². The topological polar surface area (TPSA) is 96.5 Å². The number of rotatable bonds is 4. The van der Waals surface area contributed by atoms with Gasteiger partial charge in [0.2, 0.25) is 5.91 Å². The summed E-state index contributed by atoms with van der Waals surface area (Å²) in [7, 11) is 0. The Hall–Kier alpha value is -2.57. The molecular weight excluding hydrogens is 298 g/mol. The van der Waals surface area contributed by atoms with Crippen molar-refractivity contribution in [2.45, 2.75) is 45.8 Å². The molecule has 0 aliphatic carbocycles. The van der Waals surface area contributed by atoms with Crippen LogP contribution < -0.4 is 16.2 Å². The first-order chi connectivity index (χ1) is 10.7. The summed E-state index contributed by atoms with van der Waals surface area (Å²) in [6.07, 6.45) is -0.428. The van der Waals surface area contributed by atoms with Crippen molar-refractivity contribution in [1.82, 2.24) is 16.2 Å². The molecule has 0 saturated heterocycles. The van der Waals surface area contributed by atoms with Crippen molar-refractivity contribution >= 4 is 17.9 Å². The number of carbonyl (C=O) groups excluding carboxylic acids is 3. The summed E-state index contributed by atoms with van der Waals surface area (Å²) < 4.78 is 5.16. The number of hydrazine groups is 1. The molecule has 0 bridgehead atoms.